The van der Waals surface area contributed by atoms with Crippen LogP contribution in [0.2, 0.25) is 5.02 Å². The molecule has 1 heterocycles. The maximum Gasteiger partial charge on any atom is 0.270 e. The van der Waals surface area contributed by atoms with Gasteiger partial charge in [-0.05, 0) is 29.8 Å². The number of piperazine rings is 1. The van der Waals surface area contributed by atoms with Crippen molar-refractivity contribution in [3.8, 4) is 0 Å². The molecule has 39 heavy (non-hydrogen) atoms. The van der Waals surface area contributed by atoms with Crippen LogP contribution in [-0.2, 0) is 14.6 Å². The molecule has 3 N–H and O–H groups in total. The zero-order valence-electron chi connectivity index (χ0n) is 20.9. The van der Waals surface area contributed by atoms with E-state index in [4.69, 9.17) is 17.3 Å². The number of anilines is 2. The Labute approximate surface area is 230 Å². The van der Waals surface area contributed by atoms with Gasteiger partial charge in [-0.2, -0.15) is 0 Å². The summed E-state index contributed by atoms with van der Waals surface area (Å²) in [7, 11) is -3.76. The van der Waals surface area contributed by atoms with Gasteiger partial charge in [0.05, 0.1) is 26.2 Å². The van der Waals surface area contributed by atoms with Crippen molar-refractivity contribution in [2.45, 2.75) is 10.9 Å². The number of hydrogen-bond acceptors (Lipinski definition) is 8. The molecule has 0 aromatic heterocycles. The first-order chi connectivity index (χ1) is 18.5. The molecule has 1 atom stereocenters. The number of nitrogens with one attached hydrogen (secondary N) is 1. The zero-order chi connectivity index (χ0) is 28.3. The SMILES string of the molecule is CS(=O)(=O)c1cc([N+](=O)[O-])ccc1N1CCN(C(=O)[C@H](NC(=O)c2ccc(Cl)c(N)c2)c2ccccc2)CC1. The Morgan fingerprint density at radius 1 is 1.03 bits per heavy atom. The summed E-state index contributed by atoms with van der Waals surface area (Å²) in [5.74, 6) is -0.828. The molecule has 13 heteroatoms. The van der Waals surface area contributed by atoms with Crippen molar-refractivity contribution in [2.24, 2.45) is 0 Å². The number of carbonyl (C=O) groups is 2. The molecular formula is C26H26ClN5O6S. The van der Waals surface area contributed by atoms with Crippen LogP contribution in [0.5, 0.6) is 0 Å². The van der Waals surface area contributed by atoms with Crippen molar-refractivity contribution in [2.75, 3.05) is 43.1 Å². The predicted octanol–water partition coefficient (Wildman–Crippen LogP) is 3.05. The number of carbonyl (C=O) groups excluding carboxylic acids is 2. The number of hydrogen-bond donors (Lipinski definition) is 2. The topological polar surface area (TPSA) is 156 Å². The van der Waals surface area contributed by atoms with Gasteiger partial charge in [-0.15, -0.1) is 0 Å². The molecule has 2 amide bonds. The van der Waals surface area contributed by atoms with Gasteiger partial charge in [0, 0.05) is 50.1 Å². The van der Waals surface area contributed by atoms with Gasteiger partial charge in [0.2, 0.25) is 5.91 Å². The van der Waals surface area contributed by atoms with E-state index in [0.29, 0.717) is 16.3 Å². The second kappa shape index (κ2) is 11.3. The predicted molar refractivity (Wildman–Crippen MR) is 148 cm³/mol. The van der Waals surface area contributed by atoms with Crippen LogP contribution in [0.15, 0.2) is 71.6 Å². The van der Waals surface area contributed by atoms with Crippen molar-refractivity contribution in [1.82, 2.24) is 10.2 Å². The van der Waals surface area contributed by atoms with E-state index in [1.54, 1.807) is 40.1 Å². The van der Waals surface area contributed by atoms with Gasteiger partial charge in [0.1, 0.15) is 6.04 Å². The molecule has 204 valence electrons. The highest BCUT2D eigenvalue weighted by Gasteiger charge is 2.32. The monoisotopic (exact) mass is 571 g/mol. The van der Waals surface area contributed by atoms with E-state index in [2.05, 4.69) is 5.32 Å². The van der Waals surface area contributed by atoms with Crippen LogP contribution in [0.3, 0.4) is 0 Å². The number of sulfone groups is 1. The summed E-state index contributed by atoms with van der Waals surface area (Å²) in [6.45, 7) is 1.06. The summed E-state index contributed by atoms with van der Waals surface area (Å²) in [5.41, 5.74) is 6.93. The lowest BCUT2D eigenvalue weighted by atomic mass is 10.0. The zero-order valence-corrected chi connectivity index (χ0v) is 22.5. The van der Waals surface area contributed by atoms with Gasteiger partial charge < -0.3 is 20.9 Å². The van der Waals surface area contributed by atoms with Crippen molar-refractivity contribution in [3.05, 3.63) is 93.0 Å². The summed E-state index contributed by atoms with van der Waals surface area (Å²) >= 11 is 5.97. The molecule has 0 aliphatic carbocycles. The van der Waals surface area contributed by atoms with Crippen LogP contribution in [0, 0.1) is 10.1 Å². The molecule has 1 aliphatic heterocycles. The third-order valence-corrected chi connectivity index (χ3v) is 7.87. The van der Waals surface area contributed by atoms with Gasteiger partial charge in [0.25, 0.3) is 11.6 Å². The first-order valence-electron chi connectivity index (χ1n) is 11.9. The first-order valence-corrected chi connectivity index (χ1v) is 14.2. The molecule has 1 saturated heterocycles. The molecule has 3 aromatic rings. The normalized spacial score (nSPS) is 14.5. The van der Waals surface area contributed by atoms with Gasteiger partial charge in [-0.25, -0.2) is 8.42 Å². The third-order valence-electron chi connectivity index (χ3n) is 6.40. The number of nitro benzene ring substituents is 1. The molecular weight excluding hydrogens is 546 g/mol. The Bertz CT molecular complexity index is 1530. The summed E-state index contributed by atoms with van der Waals surface area (Å²) in [5, 5.41) is 14.3. The van der Waals surface area contributed by atoms with Gasteiger partial charge in [0.15, 0.2) is 9.84 Å². The van der Waals surface area contributed by atoms with Crippen LogP contribution in [0.1, 0.15) is 22.0 Å². The number of benzene rings is 3. The fourth-order valence-electron chi connectivity index (χ4n) is 4.36. The van der Waals surface area contributed by atoms with E-state index < -0.39 is 26.7 Å². The fourth-order valence-corrected chi connectivity index (χ4v) is 5.39. The van der Waals surface area contributed by atoms with E-state index in [1.807, 2.05) is 0 Å². The molecule has 3 aromatic carbocycles. The average Bonchev–Trinajstić information content (AvgIpc) is 2.92. The number of nitrogen functional groups attached to an aromatic ring is 1. The summed E-state index contributed by atoms with van der Waals surface area (Å²) in [4.78, 5) is 40.4. The number of rotatable bonds is 7. The second-order valence-electron chi connectivity index (χ2n) is 9.05. The Morgan fingerprint density at radius 3 is 2.28 bits per heavy atom. The van der Waals surface area contributed by atoms with E-state index >= 15 is 0 Å². The highest BCUT2D eigenvalue weighted by atomic mass is 35.5. The lowest BCUT2D eigenvalue weighted by Crippen LogP contribution is -2.52. The Hall–Kier alpha value is -4.16. The lowest BCUT2D eigenvalue weighted by Gasteiger charge is -2.38. The van der Waals surface area contributed by atoms with Crippen LogP contribution in [0.4, 0.5) is 17.1 Å². The first kappa shape index (κ1) is 27.9. The van der Waals surface area contributed by atoms with Gasteiger partial charge >= 0.3 is 0 Å². The molecule has 0 unspecified atom stereocenters. The van der Waals surface area contributed by atoms with E-state index in [0.717, 1.165) is 12.3 Å². The largest absolute Gasteiger partial charge is 0.398 e. The van der Waals surface area contributed by atoms with E-state index in [-0.39, 0.29) is 53.9 Å². The number of nitro groups is 1. The number of halogens is 1. The van der Waals surface area contributed by atoms with E-state index in [9.17, 15) is 28.1 Å². The average molecular weight is 572 g/mol. The Morgan fingerprint density at radius 2 is 1.69 bits per heavy atom. The molecule has 0 spiro atoms. The van der Waals surface area contributed by atoms with Crippen molar-refractivity contribution in [1.29, 1.82) is 0 Å². The highest BCUT2D eigenvalue weighted by molar-refractivity contribution is 7.90. The number of nitrogens with zero attached hydrogens (tertiary/aromatic N) is 3. The molecule has 1 aliphatic rings. The maximum atomic E-state index is 13.7. The van der Waals surface area contributed by atoms with Gasteiger partial charge in [-0.1, -0.05) is 41.9 Å². The molecule has 0 radical (unpaired) electrons. The summed E-state index contributed by atoms with van der Waals surface area (Å²) in [6, 6.07) is 16.0. The number of nitrogens with two attached hydrogens (primary N) is 1. The lowest BCUT2D eigenvalue weighted by molar-refractivity contribution is -0.385. The minimum atomic E-state index is -3.76. The molecule has 0 bridgehead atoms. The number of non-ortho nitro benzene ring substituents is 1. The third kappa shape index (κ3) is 6.29. The fraction of sp³-hybridized carbons (Fsp3) is 0.231. The van der Waals surface area contributed by atoms with Crippen LogP contribution in [-0.4, -0.2) is 62.5 Å². The Balaban J connectivity index is 1.54. The molecule has 1 fully saturated rings. The standard InChI is InChI=1S/C26H26ClN5O6S/c1-39(37,38)23-16-19(32(35)36)8-10-22(23)30-11-13-31(14-12-30)26(34)24(17-5-3-2-4-6-17)29-25(33)18-7-9-20(27)21(28)15-18/h2-10,15-16,24H,11-14,28H2,1H3,(H,29,33)/t24-/m1/s1. The van der Waals surface area contributed by atoms with Crippen molar-refractivity contribution in [3.63, 3.8) is 0 Å². The smallest absolute Gasteiger partial charge is 0.270 e. The second-order valence-corrected chi connectivity index (χ2v) is 11.4. The molecule has 4 rings (SSSR count). The van der Waals surface area contributed by atoms with E-state index in [1.165, 1.54) is 30.3 Å². The van der Waals surface area contributed by atoms with Crippen LogP contribution < -0.4 is 16.0 Å². The summed E-state index contributed by atoms with van der Waals surface area (Å²) in [6.07, 6.45) is 0.997. The van der Waals surface area contributed by atoms with Crippen molar-refractivity contribution >= 4 is 50.3 Å². The molecule has 11 nitrogen and oxygen atoms in total. The van der Waals surface area contributed by atoms with Crippen LogP contribution >= 0.6 is 11.6 Å². The quantitative estimate of drug-likeness (QED) is 0.249. The minimum Gasteiger partial charge on any atom is -0.398 e. The summed E-state index contributed by atoms with van der Waals surface area (Å²) < 4.78 is 24.8. The minimum absolute atomic E-state index is 0.145. The number of amides is 2. The van der Waals surface area contributed by atoms with Gasteiger partial charge in [-0.3, -0.25) is 19.7 Å². The maximum absolute atomic E-state index is 13.7. The molecule has 0 saturated carbocycles. The van der Waals surface area contributed by atoms with Crippen molar-refractivity contribution < 1.29 is 22.9 Å². The Kier molecular flexibility index (Phi) is 8.07. The van der Waals surface area contributed by atoms with Crippen LogP contribution in [0.25, 0.3) is 0 Å². The highest BCUT2D eigenvalue weighted by Crippen LogP contribution is 2.31.